The molecule has 0 saturated carbocycles. The molecular weight excluding hydrogens is 120 g/mol. The van der Waals surface area contributed by atoms with Gasteiger partial charge in [0.15, 0.2) is 0 Å². The van der Waals surface area contributed by atoms with Gasteiger partial charge in [0.2, 0.25) is 0 Å². The van der Waals surface area contributed by atoms with Gasteiger partial charge < -0.3 is 14.9 Å². The van der Waals surface area contributed by atoms with Crippen molar-refractivity contribution < 1.29 is 14.9 Å². The quantitative estimate of drug-likeness (QED) is 0.535. The molecule has 0 unspecified atom stereocenters. The first-order valence-corrected chi connectivity index (χ1v) is 2.96. The maximum Gasteiger partial charge on any atom is 0.104 e. The highest BCUT2D eigenvalue weighted by atomic mass is 16.5. The zero-order valence-electron chi connectivity index (χ0n) is 5.58. The van der Waals surface area contributed by atoms with Crippen LogP contribution < -0.4 is 0 Å². The van der Waals surface area contributed by atoms with Gasteiger partial charge in [0.1, 0.15) is 6.10 Å². The van der Waals surface area contributed by atoms with Crippen LogP contribution in [0.1, 0.15) is 6.92 Å². The molecule has 0 aromatic rings. The molecule has 9 heavy (non-hydrogen) atoms. The molecule has 0 aliphatic rings. The van der Waals surface area contributed by atoms with Gasteiger partial charge in [-0.05, 0) is 6.42 Å². The van der Waals surface area contributed by atoms with E-state index in [0.717, 1.165) is 0 Å². The van der Waals surface area contributed by atoms with Gasteiger partial charge in [-0.25, -0.2) is 0 Å². The molecule has 0 bridgehead atoms. The van der Waals surface area contributed by atoms with E-state index in [1.807, 2.05) is 13.3 Å². The smallest absolute Gasteiger partial charge is 0.104 e. The van der Waals surface area contributed by atoms with Crippen LogP contribution in [-0.4, -0.2) is 36.1 Å². The molecule has 0 aromatic carbocycles. The summed E-state index contributed by atoms with van der Waals surface area (Å²) in [5.74, 6) is 0. The normalized spacial score (nSPS) is 10.7. The Bertz CT molecular complexity index is 52.3. The highest BCUT2D eigenvalue weighted by molar-refractivity contribution is 4.57. The number of aliphatic hydroxyl groups is 2. The molecule has 1 radical (unpaired) electrons. The summed E-state index contributed by atoms with van der Waals surface area (Å²) in [6.07, 6.45) is 1.40. The zero-order valence-corrected chi connectivity index (χ0v) is 5.58. The third-order valence-electron chi connectivity index (χ3n) is 0.906. The lowest BCUT2D eigenvalue weighted by Gasteiger charge is -2.10. The lowest BCUT2D eigenvalue weighted by molar-refractivity contribution is -0.0106. The molecule has 2 N–H and O–H groups in total. The lowest BCUT2D eigenvalue weighted by Crippen LogP contribution is -2.22. The molecule has 3 heteroatoms. The van der Waals surface area contributed by atoms with Crippen molar-refractivity contribution in [3.63, 3.8) is 0 Å². The molecule has 0 spiro atoms. The van der Waals surface area contributed by atoms with Crippen LogP contribution in [0, 0.1) is 6.42 Å². The van der Waals surface area contributed by atoms with Gasteiger partial charge in [0, 0.05) is 0 Å². The zero-order chi connectivity index (χ0) is 7.11. The topological polar surface area (TPSA) is 49.7 Å². The third-order valence-corrected chi connectivity index (χ3v) is 0.906. The van der Waals surface area contributed by atoms with Gasteiger partial charge in [0.25, 0.3) is 0 Å². The summed E-state index contributed by atoms with van der Waals surface area (Å²) in [6.45, 7) is 2.09. The average molecular weight is 133 g/mol. The van der Waals surface area contributed by atoms with Gasteiger partial charge in [-0.2, -0.15) is 0 Å². The number of aliphatic hydroxyl groups excluding tert-OH is 2. The summed E-state index contributed by atoms with van der Waals surface area (Å²) in [6, 6.07) is 0. The van der Waals surface area contributed by atoms with Crippen LogP contribution in [0.25, 0.3) is 0 Å². The molecule has 0 aromatic heterocycles. The second-order valence-electron chi connectivity index (χ2n) is 1.73. The van der Waals surface area contributed by atoms with E-state index in [0.29, 0.717) is 6.61 Å². The van der Waals surface area contributed by atoms with Crippen LogP contribution in [0.15, 0.2) is 0 Å². The average Bonchev–Trinajstić information content (AvgIpc) is 1.91. The number of hydrogen-bond donors (Lipinski definition) is 2. The van der Waals surface area contributed by atoms with Gasteiger partial charge in [-0.15, -0.1) is 0 Å². The Hall–Kier alpha value is -0.120. The van der Waals surface area contributed by atoms with Gasteiger partial charge in [-0.1, -0.05) is 6.92 Å². The van der Waals surface area contributed by atoms with Crippen LogP contribution in [0.4, 0.5) is 0 Å². The maximum atomic E-state index is 8.45. The van der Waals surface area contributed by atoms with Crippen molar-refractivity contribution in [1.29, 1.82) is 0 Å². The fourth-order valence-electron chi connectivity index (χ4n) is 0.395. The van der Waals surface area contributed by atoms with Crippen LogP contribution in [-0.2, 0) is 4.74 Å². The lowest BCUT2D eigenvalue weighted by atomic mass is 10.4. The highest BCUT2D eigenvalue weighted by Gasteiger charge is 2.02. The standard InChI is InChI=1S/C6H13O3/c1-2-3-9-6(4-7)5-8/h2,6-8H,3-5H2,1H3. The van der Waals surface area contributed by atoms with Crippen LogP contribution in [0.3, 0.4) is 0 Å². The summed E-state index contributed by atoms with van der Waals surface area (Å²) >= 11 is 0. The largest absolute Gasteiger partial charge is 0.394 e. The molecule has 0 aliphatic heterocycles. The molecule has 0 rings (SSSR count). The van der Waals surface area contributed by atoms with E-state index in [-0.39, 0.29) is 13.2 Å². The third kappa shape index (κ3) is 4.39. The first-order chi connectivity index (χ1) is 4.35. The predicted molar refractivity (Wildman–Crippen MR) is 33.9 cm³/mol. The monoisotopic (exact) mass is 133 g/mol. The number of hydrogen-bond acceptors (Lipinski definition) is 3. The second-order valence-corrected chi connectivity index (χ2v) is 1.73. The van der Waals surface area contributed by atoms with Crippen molar-refractivity contribution in [3.05, 3.63) is 6.42 Å². The number of ether oxygens (including phenoxy) is 1. The fourth-order valence-corrected chi connectivity index (χ4v) is 0.395. The first-order valence-electron chi connectivity index (χ1n) is 2.96. The number of rotatable bonds is 5. The van der Waals surface area contributed by atoms with Crippen molar-refractivity contribution in [2.45, 2.75) is 13.0 Å². The highest BCUT2D eigenvalue weighted by Crippen LogP contribution is 1.89. The van der Waals surface area contributed by atoms with Gasteiger partial charge in [0.05, 0.1) is 19.8 Å². The molecule has 0 fully saturated rings. The molecule has 0 saturated heterocycles. The molecule has 0 amide bonds. The molecule has 0 aliphatic carbocycles. The minimum absolute atomic E-state index is 0.121. The Morgan fingerprint density at radius 3 is 2.33 bits per heavy atom. The minimum Gasteiger partial charge on any atom is -0.394 e. The van der Waals surface area contributed by atoms with E-state index in [1.54, 1.807) is 0 Å². The first kappa shape index (κ1) is 8.88. The summed E-state index contributed by atoms with van der Waals surface area (Å²) in [7, 11) is 0. The molecule has 3 nitrogen and oxygen atoms in total. The maximum absolute atomic E-state index is 8.45. The summed E-state index contributed by atoms with van der Waals surface area (Å²) < 4.78 is 4.93. The van der Waals surface area contributed by atoms with E-state index in [4.69, 9.17) is 14.9 Å². The Labute approximate surface area is 55.3 Å². The fraction of sp³-hybridized carbons (Fsp3) is 0.833. The van der Waals surface area contributed by atoms with Crippen molar-refractivity contribution in [2.75, 3.05) is 19.8 Å². The van der Waals surface area contributed by atoms with E-state index >= 15 is 0 Å². The SMILES string of the molecule is C[CH]COC(CO)CO. The van der Waals surface area contributed by atoms with E-state index < -0.39 is 6.10 Å². The Balaban J connectivity index is 3.09. The Morgan fingerprint density at radius 1 is 1.44 bits per heavy atom. The second kappa shape index (κ2) is 6.01. The predicted octanol–water partition coefficient (Wildman–Crippen LogP) is -0.420. The van der Waals surface area contributed by atoms with Crippen molar-refractivity contribution in [1.82, 2.24) is 0 Å². The molecule has 0 heterocycles. The van der Waals surface area contributed by atoms with Crippen LogP contribution in [0.5, 0.6) is 0 Å². The van der Waals surface area contributed by atoms with Crippen molar-refractivity contribution in [2.24, 2.45) is 0 Å². The van der Waals surface area contributed by atoms with Crippen molar-refractivity contribution >= 4 is 0 Å². The van der Waals surface area contributed by atoms with Gasteiger partial charge >= 0.3 is 0 Å². The van der Waals surface area contributed by atoms with Crippen LogP contribution >= 0.6 is 0 Å². The Morgan fingerprint density at radius 2 is 2.00 bits per heavy atom. The summed E-state index contributed by atoms with van der Waals surface area (Å²) in [5.41, 5.74) is 0. The Kier molecular flexibility index (Phi) is 5.93. The van der Waals surface area contributed by atoms with E-state index in [9.17, 15) is 0 Å². The molecular formula is C6H13O3. The van der Waals surface area contributed by atoms with Gasteiger partial charge in [-0.3, -0.25) is 0 Å². The molecule has 55 valence electrons. The van der Waals surface area contributed by atoms with Crippen LogP contribution in [0.2, 0.25) is 0 Å². The van der Waals surface area contributed by atoms with Crippen molar-refractivity contribution in [3.8, 4) is 0 Å². The van der Waals surface area contributed by atoms with E-state index in [1.165, 1.54) is 0 Å². The van der Waals surface area contributed by atoms with E-state index in [2.05, 4.69) is 0 Å². The minimum atomic E-state index is -0.416. The molecule has 0 atom stereocenters. The summed E-state index contributed by atoms with van der Waals surface area (Å²) in [4.78, 5) is 0. The summed E-state index contributed by atoms with van der Waals surface area (Å²) in [5, 5.41) is 16.9.